The quantitative estimate of drug-likeness (QED) is 0.876. The molecule has 90 valence electrons. The fourth-order valence-electron chi connectivity index (χ4n) is 1.83. The molecule has 1 heterocycles. The number of hydrogen-bond donors (Lipinski definition) is 1. The minimum absolute atomic E-state index is 0.0729. The first-order chi connectivity index (χ1) is 7.50. The van der Waals surface area contributed by atoms with E-state index in [2.05, 4.69) is 42.5 Å². The van der Waals surface area contributed by atoms with Crippen molar-refractivity contribution in [3.05, 3.63) is 10.8 Å². The van der Waals surface area contributed by atoms with Gasteiger partial charge < -0.3 is 5.32 Å². The average Bonchev–Trinajstić information content (AvgIpc) is 2.92. The summed E-state index contributed by atoms with van der Waals surface area (Å²) >= 11 is 1.56. The smallest absolute Gasteiger partial charge is 0.147 e. The minimum atomic E-state index is 0.0729. The highest BCUT2D eigenvalue weighted by molar-refractivity contribution is 7.05. The Hall–Kier alpha value is -0.480. The zero-order valence-corrected chi connectivity index (χ0v) is 11.4. The van der Waals surface area contributed by atoms with Crippen LogP contribution in [0.1, 0.15) is 44.4 Å². The van der Waals surface area contributed by atoms with Gasteiger partial charge in [-0.2, -0.15) is 4.37 Å². The number of rotatable bonds is 4. The van der Waals surface area contributed by atoms with Crippen LogP contribution in [0.15, 0.2) is 0 Å². The number of likely N-dealkylation sites (N-methyl/N-ethyl adjacent to an activating group) is 1. The van der Waals surface area contributed by atoms with Gasteiger partial charge in [0, 0.05) is 17.9 Å². The van der Waals surface area contributed by atoms with Crippen LogP contribution in [0.3, 0.4) is 0 Å². The highest BCUT2D eigenvalue weighted by Crippen LogP contribution is 2.34. The molecule has 0 aromatic carbocycles. The van der Waals surface area contributed by atoms with Crippen molar-refractivity contribution in [1.82, 2.24) is 14.7 Å². The first kappa shape index (κ1) is 12.0. The van der Waals surface area contributed by atoms with Crippen LogP contribution in [0.5, 0.6) is 0 Å². The zero-order chi connectivity index (χ0) is 11.8. The Morgan fingerprint density at radius 1 is 1.44 bits per heavy atom. The van der Waals surface area contributed by atoms with Gasteiger partial charge in [-0.05, 0) is 37.3 Å². The Balaban J connectivity index is 2.01. The van der Waals surface area contributed by atoms with E-state index in [9.17, 15) is 0 Å². The van der Waals surface area contributed by atoms with E-state index in [1.54, 1.807) is 11.5 Å². The van der Waals surface area contributed by atoms with Gasteiger partial charge in [-0.3, -0.25) is 0 Å². The number of hydrogen-bond acceptors (Lipinski definition) is 4. The highest BCUT2D eigenvalue weighted by atomic mass is 32.1. The van der Waals surface area contributed by atoms with Crippen LogP contribution in [-0.4, -0.2) is 22.4 Å². The SMILES string of the molecule is CNC(Cc1nc(C(C)(C)C)ns1)C1CC1. The molecule has 0 saturated heterocycles. The highest BCUT2D eigenvalue weighted by Gasteiger charge is 2.31. The molecule has 1 saturated carbocycles. The van der Waals surface area contributed by atoms with Crippen LogP contribution in [0, 0.1) is 5.92 Å². The van der Waals surface area contributed by atoms with Crippen molar-refractivity contribution >= 4 is 11.5 Å². The van der Waals surface area contributed by atoms with Crippen LogP contribution in [0.25, 0.3) is 0 Å². The van der Waals surface area contributed by atoms with Crippen LogP contribution in [-0.2, 0) is 11.8 Å². The van der Waals surface area contributed by atoms with Gasteiger partial charge in [0.2, 0.25) is 0 Å². The summed E-state index contributed by atoms with van der Waals surface area (Å²) in [6, 6.07) is 0.598. The Kier molecular flexibility index (Phi) is 3.31. The number of aromatic nitrogens is 2. The summed E-state index contributed by atoms with van der Waals surface area (Å²) < 4.78 is 4.46. The van der Waals surface area contributed by atoms with Crippen LogP contribution in [0.2, 0.25) is 0 Å². The Morgan fingerprint density at radius 2 is 2.12 bits per heavy atom. The van der Waals surface area contributed by atoms with E-state index in [0.717, 1.165) is 18.2 Å². The molecule has 0 amide bonds. The van der Waals surface area contributed by atoms with E-state index >= 15 is 0 Å². The lowest BCUT2D eigenvalue weighted by Gasteiger charge is -2.14. The standard InChI is InChI=1S/C12H21N3S/c1-12(2,3)11-14-10(16-15-11)7-9(13-4)8-5-6-8/h8-9,13H,5-7H2,1-4H3. The first-order valence-electron chi connectivity index (χ1n) is 6.01. The molecule has 1 atom stereocenters. The lowest BCUT2D eigenvalue weighted by Crippen LogP contribution is -2.29. The molecule has 3 nitrogen and oxygen atoms in total. The van der Waals surface area contributed by atoms with Gasteiger partial charge in [0.25, 0.3) is 0 Å². The molecule has 1 aromatic rings. The minimum Gasteiger partial charge on any atom is -0.316 e. The van der Waals surface area contributed by atoms with Gasteiger partial charge in [0.05, 0.1) is 0 Å². The maximum atomic E-state index is 4.65. The summed E-state index contributed by atoms with van der Waals surface area (Å²) in [7, 11) is 2.05. The average molecular weight is 239 g/mol. The predicted molar refractivity (Wildman–Crippen MR) is 67.9 cm³/mol. The molecule has 1 unspecified atom stereocenters. The summed E-state index contributed by atoms with van der Waals surface area (Å²) in [6.07, 6.45) is 3.78. The molecule has 0 radical (unpaired) electrons. The maximum Gasteiger partial charge on any atom is 0.147 e. The Morgan fingerprint density at radius 3 is 2.56 bits per heavy atom. The molecule has 2 rings (SSSR count). The molecule has 1 fully saturated rings. The second kappa shape index (κ2) is 4.41. The van der Waals surface area contributed by atoms with Gasteiger partial charge in [0.15, 0.2) is 0 Å². The summed E-state index contributed by atoms with van der Waals surface area (Å²) in [5.74, 6) is 1.85. The van der Waals surface area contributed by atoms with Gasteiger partial charge in [-0.15, -0.1) is 0 Å². The third-order valence-electron chi connectivity index (χ3n) is 3.10. The molecular formula is C12H21N3S. The predicted octanol–water partition coefficient (Wildman–Crippen LogP) is 2.38. The lowest BCUT2D eigenvalue weighted by molar-refractivity contribution is 0.495. The molecule has 0 bridgehead atoms. The summed E-state index contributed by atoms with van der Waals surface area (Å²) in [5, 5.41) is 4.58. The number of nitrogens with zero attached hydrogens (tertiary/aromatic N) is 2. The van der Waals surface area contributed by atoms with Crippen molar-refractivity contribution in [3.8, 4) is 0 Å². The van der Waals surface area contributed by atoms with Gasteiger partial charge >= 0.3 is 0 Å². The summed E-state index contributed by atoms with van der Waals surface area (Å²) in [6.45, 7) is 6.49. The van der Waals surface area contributed by atoms with Gasteiger partial charge in [0.1, 0.15) is 10.8 Å². The molecule has 4 heteroatoms. The fraction of sp³-hybridized carbons (Fsp3) is 0.833. The van der Waals surface area contributed by atoms with Crippen molar-refractivity contribution in [2.45, 2.75) is 51.5 Å². The third kappa shape index (κ3) is 2.80. The molecule has 16 heavy (non-hydrogen) atoms. The van der Waals surface area contributed by atoms with E-state index < -0.39 is 0 Å². The van der Waals surface area contributed by atoms with E-state index in [0.29, 0.717) is 6.04 Å². The van der Waals surface area contributed by atoms with Gasteiger partial charge in [-0.25, -0.2) is 4.98 Å². The molecule has 0 aliphatic heterocycles. The van der Waals surface area contributed by atoms with E-state index in [-0.39, 0.29) is 5.41 Å². The second-order valence-electron chi connectivity index (χ2n) is 5.70. The molecule has 1 N–H and O–H groups in total. The zero-order valence-electron chi connectivity index (χ0n) is 10.6. The van der Waals surface area contributed by atoms with E-state index in [1.165, 1.54) is 17.8 Å². The first-order valence-corrected chi connectivity index (χ1v) is 6.78. The fourth-order valence-corrected chi connectivity index (χ4v) is 2.72. The van der Waals surface area contributed by atoms with Crippen LogP contribution in [0.4, 0.5) is 0 Å². The molecule has 1 aliphatic carbocycles. The lowest BCUT2D eigenvalue weighted by atomic mass is 9.96. The normalized spacial score (nSPS) is 18.8. The second-order valence-corrected chi connectivity index (χ2v) is 6.53. The van der Waals surface area contributed by atoms with Crippen molar-refractivity contribution in [3.63, 3.8) is 0 Å². The van der Waals surface area contributed by atoms with E-state index in [1.807, 2.05) is 0 Å². The Labute approximate surface area is 102 Å². The summed E-state index contributed by atoms with van der Waals surface area (Å²) in [5.41, 5.74) is 0.0729. The monoisotopic (exact) mass is 239 g/mol. The Bertz CT molecular complexity index is 349. The summed E-state index contributed by atoms with van der Waals surface area (Å²) in [4.78, 5) is 4.65. The topological polar surface area (TPSA) is 37.8 Å². The third-order valence-corrected chi connectivity index (χ3v) is 3.83. The molecule has 0 spiro atoms. The van der Waals surface area contributed by atoms with Crippen LogP contribution >= 0.6 is 11.5 Å². The van der Waals surface area contributed by atoms with Crippen molar-refractivity contribution < 1.29 is 0 Å². The molecule has 1 aliphatic rings. The van der Waals surface area contributed by atoms with Crippen molar-refractivity contribution in [1.29, 1.82) is 0 Å². The van der Waals surface area contributed by atoms with Crippen molar-refractivity contribution in [2.75, 3.05) is 7.05 Å². The molecule has 1 aromatic heterocycles. The van der Waals surface area contributed by atoms with Crippen LogP contribution < -0.4 is 5.32 Å². The maximum absolute atomic E-state index is 4.65. The van der Waals surface area contributed by atoms with Crippen molar-refractivity contribution in [2.24, 2.45) is 5.92 Å². The molecular weight excluding hydrogens is 218 g/mol. The van der Waals surface area contributed by atoms with Gasteiger partial charge in [-0.1, -0.05) is 20.8 Å². The largest absolute Gasteiger partial charge is 0.316 e. The number of nitrogens with one attached hydrogen (secondary N) is 1. The van der Waals surface area contributed by atoms with E-state index in [4.69, 9.17) is 0 Å².